The molecule has 1 aromatic heterocycles. The minimum atomic E-state index is -0.599. The molecule has 2 aliphatic heterocycles. The third-order valence-electron chi connectivity index (χ3n) is 5.13. The van der Waals surface area contributed by atoms with Crippen molar-refractivity contribution in [3.8, 4) is 11.4 Å². The average Bonchev–Trinajstić information content (AvgIpc) is 3.20. The number of fused-ring (bicyclic) bond motifs is 1. The van der Waals surface area contributed by atoms with E-state index in [9.17, 15) is 14.4 Å². The van der Waals surface area contributed by atoms with E-state index in [4.69, 9.17) is 0 Å². The predicted octanol–water partition coefficient (Wildman–Crippen LogP) is 2.07. The third kappa shape index (κ3) is 3.91. The minimum absolute atomic E-state index is 0.0364. The zero-order chi connectivity index (χ0) is 19.5. The van der Waals surface area contributed by atoms with Gasteiger partial charge in [0.15, 0.2) is 5.82 Å². The fraction of sp³-hybridized carbons (Fsp3) is 0.400. The Morgan fingerprint density at radius 3 is 2.75 bits per heavy atom. The number of pyridine rings is 1. The van der Waals surface area contributed by atoms with Gasteiger partial charge >= 0.3 is 5.69 Å². The molecule has 4 rings (SSSR count). The molecule has 1 N–H and O–H groups in total. The molecule has 1 aliphatic carbocycles. The van der Waals surface area contributed by atoms with Gasteiger partial charge < -0.3 is 9.88 Å². The summed E-state index contributed by atoms with van der Waals surface area (Å²) >= 11 is 1.48. The van der Waals surface area contributed by atoms with E-state index in [1.807, 2.05) is 17.5 Å². The number of rotatable bonds is 5. The first-order chi connectivity index (χ1) is 13.6. The van der Waals surface area contributed by atoms with Crippen molar-refractivity contribution >= 4 is 17.2 Å². The van der Waals surface area contributed by atoms with Crippen molar-refractivity contribution in [2.45, 2.75) is 51.2 Å². The van der Waals surface area contributed by atoms with Crippen molar-refractivity contribution in [3.63, 3.8) is 0 Å². The maximum absolute atomic E-state index is 12.8. The van der Waals surface area contributed by atoms with E-state index in [-0.39, 0.29) is 36.4 Å². The molecule has 0 bridgehead atoms. The van der Waals surface area contributed by atoms with Crippen LogP contribution in [-0.2, 0) is 17.9 Å². The lowest BCUT2D eigenvalue weighted by molar-refractivity contribution is -0.122. The van der Waals surface area contributed by atoms with Crippen LogP contribution in [0, 0.1) is 0 Å². The molecule has 7 nitrogen and oxygen atoms in total. The summed E-state index contributed by atoms with van der Waals surface area (Å²) in [6, 6.07) is 7.32. The van der Waals surface area contributed by atoms with E-state index < -0.39 is 5.69 Å². The number of hydrogen-bond donors (Lipinski definition) is 1. The SMILES string of the molecule is O=C(Cn1cccc2c(=O)n(Cc3cccs3)c(=O)nc1-2)NC1CCCCC1. The van der Waals surface area contributed by atoms with Gasteiger partial charge in [0, 0.05) is 17.1 Å². The molecule has 28 heavy (non-hydrogen) atoms. The Balaban J connectivity index is 1.60. The number of nitrogens with zero attached hydrogens (tertiary/aromatic N) is 3. The van der Waals surface area contributed by atoms with Crippen LogP contribution in [0.25, 0.3) is 11.4 Å². The van der Waals surface area contributed by atoms with Crippen molar-refractivity contribution in [1.82, 2.24) is 19.4 Å². The van der Waals surface area contributed by atoms with E-state index in [0.717, 1.165) is 35.1 Å². The largest absolute Gasteiger partial charge is 0.352 e. The quantitative estimate of drug-likeness (QED) is 0.713. The van der Waals surface area contributed by atoms with E-state index in [0.29, 0.717) is 5.56 Å². The normalized spacial score (nSPS) is 15.0. The highest BCUT2D eigenvalue weighted by Crippen LogP contribution is 2.18. The average molecular weight is 398 g/mol. The van der Waals surface area contributed by atoms with E-state index in [1.54, 1.807) is 22.9 Å². The van der Waals surface area contributed by atoms with E-state index in [1.165, 1.54) is 17.8 Å². The van der Waals surface area contributed by atoms with Crippen LogP contribution in [0.2, 0.25) is 0 Å². The second-order valence-electron chi connectivity index (χ2n) is 7.14. The predicted molar refractivity (Wildman–Crippen MR) is 108 cm³/mol. The standard InChI is InChI=1S/C20H22N4O3S/c25-17(21-14-6-2-1-3-7-14)13-23-10-4-9-16-18(23)22-20(27)24(19(16)26)12-15-8-5-11-28-15/h4-5,8-11,14H,1-3,6-7,12-13H2,(H,21,25). The van der Waals surface area contributed by atoms with Gasteiger partial charge in [0.25, 0.3) is 5.56 Å². The Labute approximate surface area is 166 Å². The number of carbonyl (C=O) groups excluding carboxylic acids is 1. The lowest BCUT2D eigenvalue weighted by atomic mass is 9.95. The summed E-state index contributed by atoms with van der Waals surface area (Å²) in [7, 11) is 0. The van der Waals surface area contributed by atoms with Crippen molar-refractivity contribution in [2.24, 2.45) is 0 Å². The van der Waals surface area contributed by atoms with Crippen LogP contribution in [-0.4, -0.2) is 26.1 Å². The lowest BCUT2D eigenvalue weighted by Gasteiger charge is -2.23. The maximum Gasteiger partial charge on any atom is 0.352 e. The molecule has 146 valence electrons. The molecule has 0 aromatic carbocycles. The lowest BCUT2D eigenvalue weighted by Crippen LogP contribution is -2.40. The Hall–Kier alpha value is -2.74. The van der Waals surface area contributed by atoms with Gasteiger partial charge in [0.2, 0.25) is 5.91 Å². The Kier molecular flexibility index (Phi) is 5.38. The van der Waals surface area contributed by atoms with Gasteiger partial charge in [0.05, 0.1) is 12.1 Å². The molecule has 1 aromatic rings. The molecule has 1 saturated carbocycles. The number of thiophene rings is 1. The Bertz CT molecular complexity index is 1050. The smallest absolute Gasteiger partial charge is 0.352 e. The number of aromatic nitrogens is 3. The molecule has 0 radical (unpaired) electrons. The van der Waals surface area contributed by atoms with Gasteiger partial charge in [-0.25, -0.2) is 4.79 Å². The van der Waals surface area contributed by atoms with Crippen LogP contribution >= 0.6 is 11.3 Å². The molecule has 0 saturated heterocycles. The molecule has 8 heteroatoms. The van der Waals surface area contributed by atoms with Crippen LogP contribution < -0.4 is 16.6 Å². The van der Waals surface area contributed by atoms with E-state index >= 15 is 0 Å². The van der Waals surface area contributed by atoms with Crippen LogP contribution in [0.4, 0.5) is 0 Å². The van der Waals surface area contributed by atoms with Crippen LogP contribution in [0.1, 0.15) is 37.0 Å². The summed E-state index contributed by atoms with van der Waals surface area (Å²) in [5, 5.41) is 4.96. The van der Waals surface area contributed by atoms with Crippen LogP contribution in [0.5, 0.6) is 0 Å². The number of amides is 1. The molecular weight excluding hydrogens is 376 g/mol. The van der Waals surface area contributed by atoms with Gasteiger partial charge in [-0.1, -0.05) is 25.3 Å². The first kappa shape index (κ1) is 18.6. The topological polar surface area (TPSA) is 86.0 Å². The van der Waals surface area contributed by atoms with Gasteiger partial charge in [-0.15, -0.1) is 11.3 Å². The summed E-state index contributed by atoms with van der Waals surface area (Å²) < 4.78 is 2.71. The summed E-state index contributed by atoms with van der Waals surface area (Å²) in [5.74, 6) is 0.125. The van der Waals surface area contributed by atoms with Gasteiger partial charge in [-0.2, -0.15) is 4.98 Å². The molecule has 0 atom stereocenters. The zero-order valence-corrected chi connectivity index (χ0v) is 16.3. The van der Waals surface area contributed by atoms with Crippen molar-refractivity contribution in [1.29, 1.82) is 0 Å². The number of hydrogen-bond acceptors (Lipinski definition) is 5. The molecule has 0 unspecified atom stereocenters. The Morgan fingerprint density at radius 1 is 1.18 bits per heavy atom. The fourth-order valence-electron chi connectivity index (χ4n) is 3.72. The number of carbonyl (C=O) groups is 1. The monoisotopic (exact) mass is 398 g/mol. The van der Waals surface area contributed by atoms with Crippen LogP contribution in [0.15, 0.2) is 45.4 Å². The number of nitrogens with one attached hydrogen (secondary N) is 1. The highest BCUT2D eigenvalue weighted by atomic mass is 32.1. The minimum Gasteiger partial charge on any atom is -0.352 e. The molecule has 1 fully saturated rings. The Morgan fingerprint density at radius 2 is 2.00 bits per heavy atom. The first-order valence-electron chi connectivity index (χ1n) is 9.53. The maximum atomic E-state index is 12.8. The summed E-state index contributed by atoms with van der Waals surface area (Å²) in [5.41, 5.74) is -0.645. The summed E-state index contributed by atoms with van der Waals surface area (Å²) in [6.07, 6.45) is 7.18. The highest BCUT2D eigenvalue weighted by molar-refractivity contribution is 7.09. The molecular formula is C20H22N4O3S. The van der Waals surface area contributed by atoms with Crippen molar-refractivity contribution in [2.75, 3.05) is 0 Å². The zero-order valence-electron chi connectivity index (χ0n) is 15.5. The molecule has 3 aliphatic rings. The highest BCUT2D eigenvalue weighted by Gasteiger charge is 2.20. The summed E-state index contributed by atoms with van der Waals surface area (Å²) in [6.45, 7) is 0.240. The molecule has 3 heterocycles. The molecule has 1 amide bonds. The van der Waals surface area contributed by atoms with E-state index in [2.05, 4.69) is 10.3 Å². The first-order valence-corrected chi connectivity index (χ1v) is 10.4. The second kappa shape index (κ2) is 8.10. The third-order valence-corrected chi connectivity index (χ3v) is 5.99. The van der Waals surface area contributed by atoms with Gasteiger partial charge in [0.1, 0.15) is 6.54 Å². The van der Waals surface area contributed by atoms with Crippen molar-refractivity contribution in [3.05, 3.63) is 61.6 Å². The second-order valence-corrected chi connectivity index (χ2v) is 8.17. The fourth-order valence-corrected chi connectivity index (χ4v) is 4.41. The summed E-state index contributed by atoms with van der Waals surface area (Å²) in [4.78, 5) is 42.8. The van der Waals surface area contributed by atoms with Gasteiger partial charge in [-0.05, 0) is 36.4 Å². The molecule has 0 spiro atoms. The van der Waals surface area contributed by atoms with Gasteiger partial charge in [-0.3, -0.25) is 14.2 Å². The van der Waals surface area contributed by atoms with Crippen molar-refractivity contribution < 1.29 is 4.79 Å². The van der Waals surface area contributed by atoms with Crippen LogP contribution in [0.3, 0.4) is 0 Å².